The summed E-state index contributed by atoms with van der Waals surface area (Å²) in [5.74, 6) is -0.704. The largest absolute Gasteiger partial charge is 0.861 e. The summed E-state index contributed by atoms with van der Waals surface area (Å²) < 4.78 is 26.7. The highest BCUT2D eigenvalue weighted by atomic mass is 32.2. The van der Waals surface area contributed by atoms with Crippen LogP contribution in [0.15, 0.2) is 63.9 Å². The number of anilines is 1. The Morgan fingerprint density at radius 2 is 1.76 bits per heavy atom. The Hall–Kier alpha value is -2.67. The summed E-state index contributed by atoms with van der Waals surface area (Å²) in [5, 5.41) is 13.7. The van der Waals surface area contributed by atoms with E-state index in [1.807, 2.05) is 30.3 Å². The molecule has 2 unspecified atom stereocenters. The third-order valence-corrected chi connectivity index (χ3v) is 5.39. The van der Waals surface area contributed by atoms with Gasteiger partial charge in [-0.2, -0.15) is 12.8 Å². The zero-order valence-corrected chi connectivity index (χ0v) is 14.4. The molecule has 2 atom stereocenters. The van der Waals surface area contributed by atoms with Crippen molar-refractivity contribution in [3.63, 3.8) is 0 Å². The number of sulfonamides is 1. The summed E-state index contributed by atoms with van der Waals surface area (Å²) in [6.45, 7) is 1.07. The molecule has 0 spiro atoms. The summed E-state index contributed by atoms with van der Waals surface area (Å²) in [4.78, 5) is 12.2. The minimum absolute atomic E-state index is 0.0708. The average Bonchev–Trinajstić information content (AvgIpc) is 3.36. The number of rotatable bonds is 5. The lowest BCUT2D eigenvalue weighted by molar-refractivity contribution is -0.215. The van der Waals surface area contributed by atoms with Crippen molar-refractivity contribution in [2.24, 2.45) is 10.3 Å². The van der Waals surface area contributed by atoms with Gasteiger partial charge in [0.25, 0.3) is 10.0 Å². The minimum Gasteiger partial charge on any atom is -0.861 e. The molecule has 0 saturated heterocycles. The first-order chi connectivity index (χ1) is 11.9. The SMILES string of the molecule is CC([O-])=NS(=O)(=O)c1ccc(NC(=O)C2CC2c2ccccc2)cc1. The van der Waals surface area contributed by atoms with Crippen molar-refractivity contribution in [3.8, 4) is 0 Å². The molecule has 2 aromatic rings. The number of carbonyl (C=O) groups is 1. The summed E-state index contributed by atoms with van der Waals surface area (Å²) in [5.41, 5.74) is 1.65. The van der Waals surface area contributed by atoms with Gasteiger partial charge in [-0.15, -0.1) is 0 Å². The van der Waals surface area contributed by atoms with E-state index in [0.717, 1.165) is 18.9 Å². The maximum atomic E-state index is 12.3. The summed E-state index contributed by atoms with van der Waals surface area (Å²) >= 11 is 0. The Kier molecular flexibility index (Phi) is 4.59. The quantitative estimate of drug-likeness (QED) is 0.652. The predicted molar refractivity (Wildman–Crippen MR) is 92.7 cm³/mol. The van der Waals surface area contributed by atoms with E-state index in [1.165, 1.54) is 24.3 Å². The second-order valence-electron chi connectivity index (χ2n) is 5.96. The maximum Gasteiger partial charge on any atom is 0.281 e. The van der Waals surface area contributed by atoms with Crippen LogP contribution in [-0.2, 0) is 14.8 Å². The second kappa shape index (κ2) is 6.68. The molecule has 130 valence electrons. The van der Waals surface area contributed by atoms with E-state index in [2.05, 4.69) is 9.71 Å². The average molecular weight is 357 g/mol. The summed E-state index contributed by atoms with van der Waals surface area (Å²) in [6.07, 6.45) is 0.805. The normalized spacial score (nSPS) is 20.1. The molecule has 1 saturated carbocycles. The summed E-state index contributed by atoms with van der Waals surface area (Å²) in [7, 11) is -3.99. The molecule has 25 heavy (non-hydrogen) atoms. The summed E-state index contributed by atoms with van der Waals surface area (Å²) in [6, 6.07) is 15.5. The van der Waals surface area contributed by atoms with Crippen LogP contribution in [0.5, 0.6) is 0 Å². The number of benzene rings is 2. The van der Waals surface area contributed by atoms with Crippen LogP contribution in [0.4, 0.5) is 5.69 Å². The highest BCUT2D eigenvalue weighted by molar-refractivity contribution is 7.90. The monoisotopic (exact) mass is 357 g/mol. The number of hydrogen-bond acceptors (Lipinski definition) is 4. The molecule has 6 nitrogen and oxygen atoms in total. The lowest BCUT2D eigenvalue weighted by Gasteiger charge is -2.07. The van der Waals surface area contributed by atoms with Gasteiger partial charge in [0.1, 0.15) is 0 Å². The van der Waals surface area contributed by atoms with Crippen LogP contribution < -0.4 is 10.4 Å². The van der Waals surface area contributed by atoms with Crippen LogP contribution in [0.25, 0.3) is 0 Å². The van der Waals surface area contributed by atoms with Gasteiger partial charge in [-0.25, -0.2) is 0 Å². The Balaban J connectivity index is 1.65. The van der Waals surface area contributed by atoms with Gasteiger partial charge in [0.15, 0.2) is 0 Å². The molecule has 1 amide bonds. The highest BCUT2D eigenvalue weighted by Crippen LogP contribution is 2.47. The lowest BCUT2D eigenvalue weighted by Crippen LogP contribution is -2.15. The van der Waals surface area contributed by atoms with Crippen molar-refractivity contribution in [1.82, 2.24) is 0 Å². The molecule has 1 aliphatic rings. The van der Waals surface area contributed by atoms with E-state index in [0.29, 0.717) is 5.69 Å². The van der Waals surface area contributed by atoms with Gasteiger partial charge in [0, 0.05) is 11.6 Å². The number of amides is 1. The first-order valence-corrected chi connectivity index (χ1v) is 9.25. The Morgan fingerprint density at radius 3 is 2.36 bits per heavy atom. The number of carbonyl (C=O) groups excluding carboxylic acids is 1. The fourth-order valence-electron chi connectivity index (χ4n) is 2.72. The zero-order chi connectivity index (χ0) is 18.0. The molecule has 2 aromatic carbocycles. The number of nitrogens with one attached hydrogen (secondary N) is 1. The van der Waals surface area contributed by atoms with Crippen LogP contribution in [0, 0.1) is 5.92 Å². The van der Waals surface area contributed by atoms with Gasteiger partial charge >= 0.3 is 0 Å². The molecule has 0 aromatic heterocycles. The fourth-order valence-corrected chi connectivity index (χ4v) is 3.64. The van der Waals surface area contributed by atoms with Crippen LogP contribution >= 0.6 is 0 Å². The van der Waals surface area contributed by atoms with Gasteiger partial charge in [0.2, 0.25) is 5.91 Å². The standard InChI is InChI=1S/C18H18N2O4S/c1-12(21)20-25(23,24)15-9-7-14(8-10-15)19-18(22)17-11-16(17)13-5-3-2-4-6-13/h2-10,16-17H,11H2,1H3,(H,19,22)(H,20,21)/p-1. The van der Waals surface area contributed by atoms with E-state index in [-0.39, 0.29) is 22.6 Å². The van der Waals surface area contributed by atoms with E-state index in [1.54, 1.807) is 0 Å². The van der Waals surface area contributed by atoms with Crippen LogP contribution in [-0.4, -0.2) is 20.2 Å². The molecule has 1 N–H and O–H groups in total. The molecule has 3 rings (SSSR count). The van der Waals surface area contributed by atoms with Gasteiger partial charge in [0.05, 0.1) is 4.90 Å². The first kappa shape index (κ1) is 17.2. The van der Waals surface area contributed by atoms with E-state index in [4.69, 9.17) is 0 Å². The van der Waals surface area contributed by atoms with Crippen molar-refractivity contribution >= 4 is 27.5 Å². The third kappa shape index (κ3) is 4.06. The van der Waals surface area contributed by atoms with Crippen LogP contribution in [0.1, 0.15) is 24.8 Å². The minimum atomic E-state index is -3.99. The molecule has 0 radical (unpaired) electrons. The van der Waals surface area contributed by atoms with Crippen molar-refractivity contribution in [2.75, 3.05) is 5.32 Å². The smallest absolute Gasteiger partial charge is 0.281 e. The van der Waals surface area contributed by atoms with Crippen molar-refractivity contribution in [3.05, 3.63) is 60.2 Å². The predicted octanol–water partition coefficient (Wildman–Crippen LogP) is 1.90. The number of hydrogen-bond donors (Lipinski definition) is 1. The molecule has 0 aliphatic heterocycles. The highest BCUT2D eigenvalue weighted by Gasteiger charge is 2.43. The lowest BCUT2D eigenvalue weighted by atomic mass is 10.1. The number of nitrogens with zero attached hydrogens (tertiary/aromatic N) is 1. The van der Waals surface area contributed by atoms with Crippen molar-refractivity contribution in [2.45, 2.75) is 24.2 Å². The third-order valence-electron chi connectivity index (χ3n) is 4.02. The first-order valence-electron chi connectivity index (χ1n) is 7.81. The Labute approximate surface area is 146 Å². The van der Waals surface area contributed by atoms with E-state index >= 15 is 0 Å². The van der Waals surface area contributed by atoms with E-state index < -0.39 is 15.9 Å². The molecule has 7 heteroatoms. The van der Waals surface area contributed by atoms with Crippen molar-refractivity contribution < 1.29 is 18.3 Å². The second-order valence-corrected chi connectivity index (χ2v) is 7.56. The van der Waals surface area contributed by atoms with Gasteiger partial charge in [-0.1, -0.05) is 30.3 Å². The molecule has 0 heterocycles. The van der Waals surface area contributed by atoms with Gasteiger partial charge in [-0.3, -0.25) is 4.79 Å². The maximum absolute atomic E-state index is 12.3. The van der Waals surface area contributed by atoms with Crippen molar-refractivity contribution in [1.29, 1.82) is 0 Å². The van der Waals surface area contributed by atoms with Crippen LogP contribution in [0.2, 0.25) is 0 Å². The Morgan fingerprint density at radius 1 is 1.12 bits per heavy atom. The fraction of sp³-hybridized carbons (Fsp3) is 0.222. The molecular formula is C18H17N2O4S-. The zero-order valence-electron chi connectivity index (χ0n) is 13.5. The van der Waals surface area contributed by atoms with Gasteiger partial charge < -0.3 is 10.4 Å². The molecule has 1 aliphatic carbocycles. The molecule has 1 fully saturated rings. The molecule has 0 bridgehead atoms. The van der Waals surface area contributed by atoms with Gasteiger partial charge in [-0.05, 0) is 55.0 Å². The molecular weight excluding hydrogens is 340 g/mol. The van der Waals surface area contributed by atoms with Crippen LogP contribution in [0.3, 0.4) is 0 Å². The topological polar surface area (TPSA) is 98.7 Å². The van der Waals surface area contributed by atoms with E-state index in [9.17, 15) is 18.3 Å². The Bertz CT molecular complexity index is 902.